The number of methoxy groups -OCH3 is 1. The van der Waals surface area contributed by atoms with E-state index in [0.717, 1.165) is 11.1 Å². The van der Waals surface area contributed by atoms with Crippen LogP contribution >= 0.6 is 0 Å². The lowest BCUT2D eigenvalue weighted by Gasteiger charge is -2.37. The summed E-state index contributed by atoms with van der Waals surface area (Å²) >= 11 is 0. The first kappa shape index (κ1) is 27.9. The van der Waals surface area contributed by atoms with Crippen molar-refractivity contribution in [3.63, 3.8) is 0 Å². The lowest BCUT2D eigenvalue weighted by atomic mass is 9.93. The largest absolute Gasteiger partial charge is 0.468 e. The second-order valence-corrected chi connectivity index (χ2v) is 8.92. The first-order valence-electron chi connectivity index (χ1n) is 11.0. The van der Waals surface area contributed by atoms with Crippen LogP contribution in [-0.4, -0.2) is 60.6 Å². The number of hydrogen-bond acceptors (Lipinski definition) is 6. The molecule has 2 atom stereocenters. The Balaban J connectivity index is 3.34. The minimum Gasteiger partial charge on any atom is -0.468 e. The molecule has 3 amide bonds. The summed E-state index contributed by atoms with van der Waals surface area (Å²) in [4.78, 5) is 51.8. The standard InChI is InChI=1S/C24H37N3O6/c1-9-17(4)27(18(28)13-26-23(31)33-24(5,6)7)21(22(30)25-14-19(29)32-8)20-15(2)11-10-12-16(20)3/h10-12,17,21H,9,13-14H2,1-8H3,(H,25,30)(H,26,31). The number of alkyl carbamates (subject to hydrolysis) is 1. The Morgan fingerprint density at radius 2 is 1.61 bits per heavy atom. The van der Waals surface area contributed by atoms with Gasteiger partial charge in [-0.15, -0.1) is 0 Å². The topological polar surface area (TPSA) is 114 Å². The number of carbonyl (C=O) groups excluding carboxylic acids is 4. The number of nitrogens with zero attached hydrogens (tertiary/aromatic N) is 1. The number of nitrogens with one attached hydrogen (secondary N) is 2. The van der Waals surface area contributed by atoms with Crippen LogP contribution in [0.3, 0.4) is 0 Å². The fourth-order valence-corrected chi connectivity index (χ4v) is 3.38. The van der Waals surface area contributed by atoms with E-state index in [-0.39, 0.29) is 19.1 Å². The molecular weight excluding hydrogens is 426 g/mol. The second-order valence-electron chi connectivity index (χ2n) is 8.92. The van der Waals surface area contributed by atoms with Gasteiger partial charge < -0.3 is 25.0 Å². The van der Waals surface area contributed by atoms with Gasteiger partial charge in [0.1, 0.15) is 24.7 Å². The van der Waals surface area contributed by atoms with E-state index < -0.39 is 35.5 Å². The van der Waals surface area contributed by atoms with E-state index in [9.17, 15) is 19.2 Å². The quantitative estimate of drug-likeness (QED) is 0.545. The normalized spacial score (nSPS) is 12.8. The van der Waals surface area contributed by atoms with Crippen LogP contribution in [-0.2, 0) is 23.9 Å². The lowest BCUT2D eigenvalue weighted by molar-refractivity contribution is -0.145. The molecule has 0 aliphatic heterocycles. The molecule has 1 rings (SSSR count). The zero-order valence-electron chi connectivity index (χ0n) is 20.9. The van der Waals surface area contributed by atoms with Crippen LogP contribution in [0.5, 0.6) is 0 Å². The fourth-order valence-electron chi connectivity index (χ4n) is 3.38. The van der Waals surface area contributed by atoms with Crippen LogP contribution in [0, 0.1) is 13.8 Å². The second kappa shape index (κ2) is 12.2. The summed E-state index contributed by atoms with van der Waals surface area (Å²) in [7, 11) is 1.23. The molecule has 1 aromatic carbocycles. The molecule has 33 heavy (non-hydrogen) atoms. The van der Waals surface area contributed by atoms with Crippen molar-refractivity contribution in [2.24, 2.45) is 0 Å². The molecule has 0 saturated heterocycles. The Morgan fingerprint density at radius 3 is 2.09 bits per heavy atom. The Labute approximate surface area is 196 Å². The molecule has 0 bridgehead atoms. The smallest absolute Gasteiger partial charge is 0.408 e. The summed E-state index contributed by atoms with van der Waals surface area (Å²) in [6.45, 7) is 12.0. The number of amides is 3. The average molecular weight is 464 g/mol. The van der Waals surface area contributed by atoms with Gasteiger partial charge in [0.25, 0.3) is 0 Å². The van der Waals surface area contributed by atoms with Crippen LogP contribution in [0.15, 0.2) is 18.2 Å². The van der Waals surface area contributed by atoms with E-state index >= 15 is 0 Å². The van der Waals surface area contributed by atoms with Gasteiger partial charge in [0.2, 0.25) is 11.8 Å². The molecule has 0 aliphatic carbocycles. The minimum absolute atomic E-state index is 0.324. The highest BCUT2D eigenvalue weighted by molar-refractivity contribution is 5.92. The van der Waals surface area contributed by atoms with Gasteiger partial charge in [0.05, 0.1) is 7.11 Å². The van der Waals surface area contributed by atoms with Gasteiger partial charge in [0, 0.05) is 6.04 Å². The molecule has 0 aliphatic rings. The van der Waals surface area contributed by atoms with Crippen LogP contribution in [0.1, 0.15) is 63.8 Å². The van der Waals surface area contributed by atoms with Crippen molar-refractivity contribution < 1.29 is 28.7 Å². The first-order valence-corrected chi connectivity index (χ1v) is 11.0. The van der Waals surface area contributed by atoms with Crippen molar-refractivity contribution in [3.05, 3.63) is 34.9 Å². The number of carbonyl (C=O) groups is 4. The molecule has 2 N–H and O–H groups in total. The molecule has 0 saturated carbocycles. The van der Waals surface area contributed by atoms with Crippen LogP contribution in [0.2, 0.25) is 0 Å². The van der Waals surface area contributed by atoms with E-state index in [1.54, 1.807) is 20.8 Å². The summed E-state index contributed by atoms with van der Waals surface area (Å²) < 4.78 is 9.83. The van der Waals surface area contributed by atoms with E-state index in [1.165, 1.54) is 12.0 Å². The zero-order valence-corrected chi connectivity index (χ0v) is 20.9. The molecule has 0 radical (unpaired) electrons. The molecule has 184 valence electrons. The number of benzene rings is 1. The number of ether oxygens (including phenoxy) is 2. The molecule has 9 nitrogen and oxygen atoms in total. The molecular formula is C24H37N3O6. The maximum absolute atomic E-state index is 13.3. The number of esters is 1. The van der Waals surface area contributed by atoms with Gasteiger partial charge in [-0.3, -0.25) is 14.4 Å². The number of hydrogen-bond donors (Lipinski definition) is 2. The van der Waals surface area contributed by atoms with Crippen molar-refractivity contribution in [2.45, 2.75) is 72.6 Å². The Morgan fingerprint density at radius 1 is 1.03 bits per heavy atom. The minimum atomic E-state index is -1.00. The Hall–Kier alpha value is -3.10. The van der Waals surface area contributed by atoms with Crippen LogP contribution < -0.4 is 10.6 Å². The Kier molecular flexibility index (Phi) is 10.3. The van der Waals surface area contributed by atoms with Gasteiger partial charge in [0.15, 0.2) is 0 Å². The summed E-state index contributed by atoms with van der Waals surface area (Å²) in [5, 5.41) is 5.05. The van der Waals surface area contributed by atoms with Crippen molar-refractivity contribution in [2.75, 3.05) is 20.2 Å². The maximum Gasteiger partial charge on any atom is 0.408 e. The zero-order chi connectivity index (χ0) is 25.3. The first-order chi connectivity index (χ1) is 15.3. The highest BCUT2D eigenvalue weighted by Crippen LogP contribution is 2.30. The summed E-state index contributed by atoms with van der Waals surface area (Å²) in [5.74, 6) is -1.56. The van der Waals surface area contributed by atoms with Gasteiger partial charge in [-0.2, -0.15) is 0 Å². The van der Waals surface area contributed by atoms with Crippen molar-refractivity contribution in [1.82, 2.24) is 15.5 Å². The Bertz CT molecular complexity index is 842. The summed E-state index contributed by atoms with van der Waals surface area (Å²) in [6, 6.07) is 4.27. The monoisotopic (exact) mass is 463 g/mol. The molecule has 0 aromatic heterocycles. The van der Waals surface area contributed by atoms with Crippen molar-refractivity contribution in [1.29, 1.82) is 0 Å². The van der Waals surface area contributed by atoms with Gasteiger partial charge in [-0.05, 0) is 64.7 Å². The molecule has 0 heterocycles. The molecule has 2 unspecified atom stereocenters. The average Bonchev–Trinajstić information content (AvgIpc) is 2.73. The van der Waals surface area contributed by atoms with Crippen molar-refractivity contribution >= 4 is 23.9 Å². The highest BCUT2D eigenvalue weighted by atomic mass is 16.6. The molecule has 9 heteroatoms. The molecule has 0 fully saturated rings. The number of rotatable bonds is 9. The lowest BCUT2D eigenvalue weighted by Crippen LogP contribution is -2.52. The van der Waals surface area contributed by atoms with Crippen molar-refractivity contribution in [3.8, 4) is 0 Å². The third-order valence-corrected chi connectivity index (χ3v) is 5.11. The van der Waals surface area contributed by atoms with Crippen LogP contribution in [0.4, 0.5) is 4.79 Å². The predicted octanol–water partition coefficient (Wildman–Crippen LogP) is 2.79. The van der Waals surface area contributed by atoms with Gasteiger partial charge in [-0.1, -0.05) is 25.1 Å². The van der Waals surface area contributed by atoms with E-state index in [4.69, 9.17) is 4.74 Å². The fraction of sp³-hybridized carbons (Fsp3) is 0.583. The van der Waals surface area contributed by atoms with E-state index in [0.29, 0.717) is 12.0 Å². The van der Waals surface area contributed by atoms with E-state index in [1.807, 2.05) is 45.9 Å². The third-order valence-electron chi connectivity index (χ3n) is 5.11. The molecule has 1 aromatic rings. The highest BCUT2D eigenvalue weighted by Gasteiger charge is 2.36. The SMILES string of the molecule is CCC(C)N(C(=O)CNC(=O)OC(C)(C)C)C(C(=O)NCC(=O)OC)c1c(C)cccc1C. The summed E-state index contributed by atoms with van der Waals surface area (Å²) in [6.07, 6.45) is -0.150. The van der Waals surface area contributed by atoms with Crippen LogP contribution in [0.25, 0.3) is 0 Å². The van der Waals surface area contributed by atoms with Gasteiger partial charge >= 0.3 is 12.1 Å². The van der Waals surface area contributed by atoms with Gasteiger partial charge in [-0.25, -0.2) is 4.79 Å². The van der Waals surface area contributed by atoms with E-state index in [2.05, 4.69) is 15.4 Å². The molecule has 0 spiro atoms. The maximum atomic E-state index is 13.3. The predicted molar refractivity (Wildman–Crippen MR) is 125 cm³/mol. The third kappa shape index (κ3) is 8.40. The number of aryl methyl sites for hydroxylation is 2. The summed E-state index contributed by atoms with van der Waals surface area (Å²) in [5.41, 5.74) is 1.62.